The van der Waals surface area contributed by atoms with Gasteiger partial charge >= 0.3 is 0 Å². The van der Waals surface area contributed by atoms with Gasteiger partial charge in [-0.25, -0.2) is 4.98 Å². The Kier molecular flexibility index (Phi) is 4.53. The molecular formula is C20H19N3O3S. The van der Waals surface area contributed by atoms with Crippen molar-refractivity contribution in [2.24, 2.45) is 5.92 Å². The van der Waals surface area contributed by atoms with Crippen LogP contribution in [0.5, 0.6) is 5.75 Å². The molecule has 0 bridgehead atoms. The summed E-state index contributed by atoms with van der Waals surface area (Å²) in [7, 11) is 1.58. The van der Waals surface area contributed by atoms with Crippen molar-refractivity contribution in [2.45, 2.75) is 13.3 Å². The Labute approximate surface area is 160 Å². The number of methoxy groups -OCH3 is 1. The predicted octanol–water partition coefficient (Wildman–Crippen LogP) is 3.60. The molecule has 1 aliphatic rings. The summed E-state index contributed by atoms with van der Waals surface area (Å²) in [6.45, 7) is 2.37. The Morgan fingerprint density at radius 3 is 2.96 bits per heavy atom. The standard InChI is InChI=1S/C20H19N3O3S/c1-12-6-7-16-17(8-12)27-20(21-16)22-19(25)13-9-18(24)23(11-13)14-4-3-5-15(10-14)26-2/h3-8,10,13H,9,11H2,1-2H3,(H,21,22,25). The molecule has 0 spiro atoms. The number of anilines is 2. The van der Waals surface area contributed by atoms with Crippen molar-refractivity contribution in [1.29, 1.82) is 0 Å². The lowest BCUT2D eigenvalue weighted by molar-refractivity contribution is -0.122. The third-order valence-electron chi connectivity index (χ3n) is 4.63. The molecule has 1 aliphatic heterocycles. The minimum absolute atomic E-state index is 0.0664. The summed E-state index contributed by atoms with van der Waals surface area (Å²) in [6, 6.07) is 13.3. The van der Waals surface area contributed by atoms with E-state index in [1.165, 1.54) is 11.3 Å². The van der Waals surface area contributed by atoms with Gasteiger partial charge in [0.2, 0.25) is 11.8 Å². The Morgan fingerprint density at radius 1 is 1.30 bits per heavy atom. The van der Waals surface area contributed by atoms with Crippen LogP contribution in [0.4, 0.5) is 10.8 Å². The summed E-state index contributed by atoms with van der Waals surface area (Å²) in [5.41, 5.74) is 2.76. The zero-order valence-electron chi connectivity index (χ0n) is 15.1. The topological polar surface area (TPSA) is 71.5 Å². The van der Waals surface area contributed by atoms with E-state index in [2.05, 4.69) is 10.3 Å². The van der Waals surface area contributed by atoms with Gasteiger partial charge in [-0.1, -0.05) is 23.5 Å². The van der Waals surface area contributed by atoms with Gasteiger partial charge < -0.3 is 15.0 Å². The summed E-state index contributed by atoms with van der Waals surface area (Å²) in [4.78, 5) is 31.2. The Bertz CT molecular complexity index is 1030. The third-order valence-corrected chi connectivity index (χ3v) is 5.57. The fourth-order valence-electron chi connectivity index (χ4n) is 3.20. The number of amides is 2. The van der Waals surface area contributed by atoms with E-state index in [1.54, 1.807) is 18.1 Å². The number of nitrogens with one attached hydrogen (secondary N) is 1. The molecule has 1 N–H and O–H groups in total. The Balaban J connectivity index is 1.48. The van der Waals surface area contributed by atoms with E-state index in [9.17, 15) is 9.59 Å². The van der Waals surface area contributed by atoms with Gasteiger partial charge in [-0.3, -0.25) is 9.59 Å². The lowest BCUT2D eigenvalue weighted by Crippen LogP contribution is -2.28. The number of thiazole rings is 1. The first-order valence-corrected chi connectivity index (χ1v) is 9.47. The van der Waals surface area contributed by atoms with Crippen molar-refractivity contribution in [1.82, 2.24) is 4.98 Å². The smallest absolute Gasteiger partial charge is 0.231 e. The van der Waals surface area contributed by atoms with Crippen LogP contribution in [0.3, 0.4) is 0 Å². The Hall–Kier alpha value is -2.93. The average Bonchev–Trinajstić information content (AvgIpc) is 3.24. The monoisotopic (exact) mass is 381 g/mol. The summed E-state index contributed by atoms with van der Waals surface area (Å²) in [6.07, 6.45) is 0.188. The molecule has 3 aromatic rings. The van der Waals surface area contributed by atoms with E-state index in [-0.39, 0.29) is 18.2 Å². The number of ether oxygens (including phenoxy) is 1. The molecular weight excluding hydrogens is 362 g/mol. The van der Waals surface area contributed by atoms with E-state index in [4.69, 9.17) is 4.74 Å². The van der Waals surface area contributed by atoms with Gasteiger partial charge in [0.1, 0.15) is 5.75 Å². The van der Waals surface area contributed by atoms with E-state index < -0.39 is 5.92 Å². The van der Waals surface area contributed by atoms with Gasteiger partial charge in [-0.05, 0) is 36.8 Å². The molecule has 2 heterocycles. The summed E-state index contributed by atoms with van der Waals surface area (Å²) < 4.78 is 6.25. The van der Waals surface area contributed by atoms with Crippen LogP contribution in [0.15, 0.2) is 42.5 Å². The second-order valence-corrected chi connectivity index (χ2v) is 7.62. The number of benzene rings is 2. The number of aromatic nitrogens is 1. The van der Waals surface area contributed by atoms with Crippen molar-refractivity contribution >= 4 is 44.2 Å². The summed E-state index contributed by atoms with van der Waals surface area (Å²) >= 11 is 1.44. The zero-order chi connectivity index (χ0) is 19.0. The summed E-state index contributed by atoms with van der Waals surface area (Å²) in [5, 5.41) is 3.44. The highest BCUT2D eigenvalue weighted by Crippen LogP contribution is 2.30. The van der Waals surface area contributed by atoms with Crippen LogP contribution in [0.1, 0.15) is 12.0 Å². The molecule has 4 rings (SSSR count). The van der Waals surface area contributed by atoms with E-state index in [1.807, 2.05) is 43.3 Å². The van der Waals surface area contributed by atoms with Crippen LogP contribution in [-0.4, -0.2) is 30.5 Å². The molecule has 2 aromatic carbocycles. The number of carbonyl (C=O) groups excluding carboxylic acids is 2. The number of nitrogens with zero attached hydrogens (tertiary/aromatic N) is 2. The highest BCUT2D eigenvalue weighted by atomic mass is 32.1. The van der Waals surface area contributed by atoms with Gasteiger partial charge in [0.15, 0.2) is 5.13 Å². The van der Waals surface area contributed by atoms with Gasteiger partial charge in [-0.2, -0.15) is 0 Å². The van der Waals surface area contributed by atoms with Gasteiger partial charge in [0.05, 0.1) is 23.2 Å². The normalized spacial score (nSPS) is 16.7. The van der Waals surface area contributed by atoms with Crippen LogP contribution in [0.25, 0.3) is 10.2 Å². The van der Waals surface area contributed by atoms with E-state index in [0.29, 0.717) is 17.4 Å². The molecule has 138 valence electrons. The van der Waals surface area contributed by atoms with Crippen molar-refractivity contribution < 1.29 is 14.3 Å². The molecule has 1 atom stereocenters. The lowest BCUT2D eigenvalue weighted by atomic mass is 10.1. The molecule has 1 saturated heterocycles. The number of hydrogen-bond donors (Lipinski definition) is 1. The molecule has 2 amide bonds. The highest BCUT2D eigenvalue weighted by Gasteiger charge is 2.35. The zero-order valence-corrected chi connectivity index (χ0v) is 15.9. The molecule has 0 radical (unpaired) electrons. The molecule has 7 heteroatoms. The van der Waals surface area contributed by atoms with Gasteiger partial charge in [0.25, 0.3) is 0 Å². The number of carbonyl (C=O) groups is 2. The minimum atomic E-state index is -0.405. The fraction of sp³-hybridized carbons (Fsp3) is 0.250. The first-order chi connectivity index (χ1) is 13.0. The number of hydrogen-bond acceptors (Lipinski definition) is 5. The number of fused-ring (bicyclic) bond motifs is 1. The molecule has 1 aromatic heterocycles. The lowest BCUT2D eigenvalue weighted by Gasteiger charge is -2.17. The molecule has 6 nitrogen and oxygen atoms in total. The second kappa shape index (κ2) is 7.00. The maximum Gasteiger partial charge on any atom is 0.231 e. The predicted molar refractivity (Wildman–Crippen MR) is 106 cm³/mol. The van der Waals surface area contributed by atoms with Crippen molar-refractivity contribution in [3.63, 3.8) is 0 Å². The number of aryl methyl sites for hydroxylation is 1. The largest absolute Gasteiger partial charge is 0.497 e. The quantitative estimate of drug-likeness (QED) is 0.749. The maximum absolute atomic E-state index is 12.7. The minimum Gasteiger partial charge on any atom is -0.497 e. The van der Waals surface area contributed by atoms with E-state index >= 15 is 0 Å². The molecule has 1 fully saturated rings. The molecule has 1 unspecified atom stereocenters. The van der Waals surface area contributed by atoms with Crippen LogP contribution >= 0.6 is 11.3 Å². The first-order valence-electron chi connectivity index (χ1n) is 8.66. The fourth-order valence-corrected chi connectivity index (χ4v) is 4.17. The van der Waals surface area contributed by atoms with Gasteiger partial charge in [-0.15, -0.1) is 0 Å². The SMILES string of the molecule is COc1cccc(N2CC(C(=O)Nc3nc4ccc(C)cc4s3)CC2=O)c1. The average molecular weight is 381 g/mol. The van der Waals surface area contributed by atoms with Crippen molar-refractivity contribution in [3.8, 4) is 5.75 Å². The maximum atomic E-state index is 12.7. The van der Waals surface area contributed by atoms with Crippen LogP contribution < -0.4 is 15.0 Å². The second-order valence-electron chi connectivity index (χ2n) is 6.59. The van der Waals surface area contributed by atoms with Crippen LogP contribution in [-0.2, 0) is 9.59 Å². The Morgan fingerprint density at radius 2 is 2.15 bits per heavy atom. The van der Waals surface area contributed by atoms with Crippen LogP contribution in [0.2, 0.25) is 0 Å². The number of rotatable bonds is 4. The van der Waals surface area contributed by atoms with Crippen molar-refractivity contribution in [2.75, 3.05) is 23.9 Å². The molecule has 0 aliphatic carbocycles. The molecule has 0 saturated carbocycles. The highest BCUT2D eigenvalue weighted by molar-refractivity contribution is 7.22. The molecule has 27 heavy (non-hydrogen) atoms. The van der Waals surface area contributed by atoms with Crippen molar-refractivity contribution in [3.05, 3.63) is 48.0 Å². The summed E-state index contributed by atoms with van der Waals surface area (Å²) in [5.74, 6) is 0.0308. The third kappa shape index (κ3) is 3.50. The first kappa shape index (κ1) is 17.5. The van der Waals surface area contributed by atoms with E-state index in [0.717, 1.165) is 21.5 Å². The van der Waals surface area contributed by atoms with Crippen LogP contribution in [0, 0.1) is 12.8 Å². The van der Waals surface area contributed by atoms with Gasteiger partial charge in [0, 0.05) is 24.7 Å².